The van der Waals surface area contributed by atoms with Gasteiger partial charge in [-0.25, -0.2) is 4.98 Å². The number of methoxy groups -OCH3 is 1. The fourth-order valence-corrected chi connectivity index (χ4v) is 5.08. The number of hydrogen-bond donors (Lipinski definition) is 1. The highest BCUT2D eigenvalue weighted by Crippen LogP contribution is 2.34. The van der Waals surface area contributed by atoms with E-state index >= 15 is 0 Å². The molecule has 0 bridgehead atoms. The van der Waals surface area contributed by atoms with Crippen LogP contribution in [0.15, 0.2) is 36.4 Å². The molecule has 3 aromatic rings. The summed E-state index contributed by atoms with van der Waals surface area (Å²) in [6.45, 7) is 4.31. The predicted octanol–water partition coefficient (Wildman–Crippen LogP) is 3.28. The van der Waals surface area contributed by atoms with Gasteiger partial charge in [-0.15, -0.1) is 0 Å². The van der Waals surface area contributed by atoms with E-state index in [1.54, 1.807) is 7.11 Å². The number of benzene rings is 1. The fourth-order valence-electron chi connectivity index (χ4n) is 4.82. The second-order valence-corrected chi connectivity index (χ2v) is 8.97. The Balaban J connectivity index is 1.21. The summed E-state index contributed by atoms with van der Waals surface area (Å²) in [5.41, 5.74) is 4.51. The molecule has 0 radical (unpaired) electrons. The van der Waals surface area contributed by atoms with Gasteiger partial charge in [-0.05, 0) is 18.2 Å². The monoisotopic (exact) mass is 471 g/mol. The predicted molar refractivity (Wildman–Crippen MR) is 124 cm³/mol. The molecule has 1 N–H and O–H groups in total. The molecule has 8 nitrogen and oxygen atoms in total. The van der Waals surface area contributed by atoms with E-state index in [0.717, 1.165) is 48.6 Å². The van der Waals surface area contributed by atoms with E-state index in [1.807, 2.05) is 12.1 Å². The molecule has 9 heteroatoms. The molecule has 4 atom stereocenters. The van der Waals surface area contributed by atoms with Gasteiger partial charge in [0.05, 0.1) is 48.2 Å². The summed E-state index contributed by atoms with van der Waals surface area (Å²) in [5.74, 6) is 0.618. The van der Waals surface area contributed by atoms with Crippen molar-refractivity contribution in [3.63, 3.8) is 0 Å². The molecule has 0 aliphatic carbocycles. The van der Waals surface area contributed by atoms with Gasteiger partial charge in [0.25, 0.3) is 0 Å². The first kappa shape index (κ1) is 21.2. The molecule has 3 aliphatic rings. The number of nitrogens with zero attached hydrogens (tertiary/aromatic N) is 2. The molecule has 6 rings (SSSR count). The largest absolute Gasteiger partial charge is 0.470 e. The van der Waals surface area contributed by atoms with Crippen LogP contribution in [0.4, 0.5) is 5.69 Å². The Bertz CT molecular complexity index is 1130. The highest BCUT2D eigenvalue weighted by Gasteiger charge is 2.49. The molecule has 0 spiro atoms. The van der Waals surface area contributed by atoms with Crippen LogP contribution in [0.5, 0.6) is 5.88 Å². The number of pyridine rings is 1. The maximum Gasteiger partial charge on any atom is 0.193 e. The summed E-state index contributed by atoms with van der Waals surface area (Å²) < 4.78 is 28.8. The summed E-state index contributed by atoms with van der Waals surface area (Å²) in [6, 6.07) is 12.1. The lowest BCUT2D eigenvalue weighted by atomic mass is 10.1. The Morgan fingerprint density at radius 2 is 1.76 bits per heavy atom. The maximum atomic E-state index is 6.61. The van der Waals surface area contributed by atoms with Gasteiger partial charge in [-0.2, -0.15) is 0 Å². The number of anilines is 1. The zero-order chi connectivity index (χ0) is 22.4. The molecule has 33 heavy (non-hydrogen) atoms. The fraction of sp³-hybridized carbons (Fsp3) is 0.458. The van der Waals surface area contributed by atoms with Crippen LogP contribution >= 0.6 is 11.6 Å². The van der Waals surface area contributed by atoms with Crippen molar-refractivity contribution >= 4 is 28.3 Å². The molecule has 1 aromatic carbocycles. The van der Waals surface area contributed by atoms with Crippen LogP contribution in [-0.4, -0.2) is 81.0 Å². The van der Waals surface area contributed by atoms with E-state index in [1.165, 1.54) is 5.69 Å². The van der Waals surface area contributed by atoms with Crippen molar-refractivity contribution in [2.24, 2.45) is 0 Å². The van der Waals surface area contributed by atoms with Gasteiger partial charge in [-0.1, -0.05) is 23.7 Å². The Morgan fingerprint density at radius 1 is 1.03 bits per heavy atom. The van der Waals surface area contributed by atoms with Crippen LogP contribution in [0.3, 0.4) is 0 Å². The number of fused-ring (bicyclic) bond motifs is 2. The number of halogens is 1. The first-order valence-electron chi connectivity index (χ1n) is 11.2. The molecule has 3 saturated heterocycles. The van der Waals surface area contributed by atoms with Crippen molar-refractivity contribution in [3.8, 4) is 17.1 Å². The number of morpholine rings is 1. The number of nitrogens with one attached hydrogen (secondary N) is 1. The Morgan fingerprint density at radius 3 is 2.52 bits per heavy atom. The normalized spacial score (nSPS) is 27.3. The second-order valence-electron chi connectivity index (χ2n) is 8.56. The standard InChI is InChI=1S/C24H26ClN3O5/c1-29-19-12-31-24-20(13-32-23(19)24)33-21-11-18-17(26-21)10-16(25)22(27-18)14-2-4-15(5-3-14)28-6-8-30-9-7-28/h2-5,10-11,19-20,23-24,26H,6-9,12-13H2,1H3/t19-,20-,23-,24-/m1/s1. The van der Waals surface area contributed by atoms with Crippen molar-refractivity contribution in [1.82, 2.24) is 9.97 Å². The molecule has 3 fully saturated rings. The maximum absolute atomic E-state index is 6.61. The van der Waals surface area contributed by atoms with Crippen LogP contribution in [0.2, 0.25) is 5.02 Å². The summed E-state index contributed by atoms with van der Waals surface area (Å²) in [7, 11) is 1.68. The number of hydrogen-bond acceptors (Lipinski definition) is 7. The summed E-state index contributed by atoms with van der Waals surface area (Å²) >= 11 is 6.61. The van der Waals surface area contributed by atoms with Gasteiger partial charge in [0, 0.05) is 37.5 Å². The van der Waals surface area contributed by atoms with Gasteiger partial charge in [0.15, 0.2) is 12.0 Å². The zero-order valence-corrected chi connectivity index (χ0v) is 19.1. The number of rotatable bonds is 5. The van der Waals surface area contributed by atoms with Crippen LogP contribution in [0.1, 0.15) is 0 Å². The molecule has 0 unspecified atom stereocenters. The van der Waals surface area contributed by atoms with Gasteiger partial charge in [-0.3, -0.25) is 0 Å². The smallest absolute Gasteiger partial charge is 0.193 e. The van der Waals surface area contributed by atoms with Crippen LogP contribution in [0.25, 0.3) is 22.3 Å². The molecule has 0 saturated carbocycles. The summed E-state index contributed by atoms with van der Waals surface area (Å²) in [6.07, 6.45) is -0.489. The van der Waals surface area contributed by atoms with Gasteiger partial charge >= 0.3 is 0 Å². The minimum Gasteiger partial charge on any atom is -0.470 e. The van der Waals surface area contributed by atoms with E-state index in [4.69, 9.17) is 40.3 Å². The van der Waals surface area contributed by atoms with E-state index in [2.05, 4.69) is 34.1 Å². The van der Waals surface area contributed by atoms with Crippen LogP contribution < -0.4 is 9.64 Å². The average molecular weight is 472 g/mol. The van der Waals surface area contributed by atoms with E-state index in [-0.39, 0.29) is 24.4 Å². The third-order valence-corrected chi connectivity index (χ3v) is 6.88. The first-order chi connectivity index (χ1) is 16.2. The summed E-state index contributed by atoms with van der Waals surface area (Å²) in [4.78, 5) is 10.4. The van der Waals surface area contributed by atoms with Crippen molar-refractivity contribution in [2.45, 2.75) is 24.4 Å². The Kier molecular flexibility index (Phi) is 5.63. The highest BCUT2D eigenvalue weighted by molar-refractivity contribution is 6.33. The Labute approximate surface area is 196 Å². The van der Waals surface area contributed by atoms with E-state index in [9.17, 15) is 0 Å². The van der Waals surface area contributed by atoms with Crippen LogP contribution in [0, 0.1) is 0 Å². The van der Waals surface area contributed by atoms with Crippen molar-refractivity contribution in [1.29, 1.82) is 0 Å². The SMILES string of the molecule is CO[C@@H]1CO[C@H]2[C@@H]1OC[C@H]2Oc1cc2nc(-c3ccc(N4CCOCC4)cc3)c(Cl)cc2[nH]1. The molecule has 3 aliphatic heterocycles. The van der Waals surface area contributed by atoms with Crippen molar-refractivity contribution in [3.05, 3.63) is 41.4 Å². The van der Waals surface area contributed by atoms with Crippen molar-refractivity contribution < 1.29 is 23.7 Å². The minimum atomic E-state index is -0.203. The second kappa shape index (κ2) is 8.77. The van der Waals surface area contributed by atoms with Gasteiger partial charge in [0.2, 0.25) is 0 Å². The van der Waals surface area contributed by atoms with Gasteiger partial charge < -0.3 is 33.6 Å². The third kappa shape index (κ3) is 3.96. The van der Waals surface area contributed by atoms with E-state index < -0.39 is 0 Å². The number of aromatic nitrogens is 2. The lowest BCUT2D eigenvalue weighted by molar-refractivity contribution is -0.0141. The summed E-state index contributed by atoms with van der Waals surface area (Å²) in [5, 5.41) is 0.585. The van der Waals surface area contributed by atoms with Crippen molar-refractivity contribution in [2.75, 3.05) is 51.5 Å². The van der Waals surface area contributed by atoms with Crippen LogP contribution in [-0.2, 0) is 18.9 Å². The molecule has 5 heterocycles. The topological polar surface area (TPSA) is 78.1 Å². The lowest BCUT2D eigenvalue weighted by Crippen LogP contribution is -2.36. The molecule has 174 valence electrons. The number of ether oxygens (including phenoxy) is 5. The molecule has 2 aromatic heterocycles. The zero-order valence-electron chi connectivity index (χ0n) is 18.3. The van der Waals surface area contributed by atoms with Gasteiger partial charge in [0.1, 0.15) is 18.3 Å². The third-order valence-electron chi connectivity index (χ3n) is 6.59. The Hall–Kier alpha value is -2.36. The average Bonchev–Trinajstić information content (AvgIpc) is 3.55. The molecular formula is C24H26ClN3O5. The quantitative estimate of drug-likeness (QED) is 0.611. The molecule has 0 amide bonds. The highest BCUT2D eigenvalue weighted by atomic mass is 35.5. The molecular weight excluding hydrogens is 446 g/mol. The first-order valence-corrected chi connectivity index (χ1v) is 11.6. The van der Waals surface area contributed by atoms with E-state index in [0.29, 0.717) is 24.1 Å². The number of aromatic amines is 1. The number of H-pyrrole nitrogens is 1. The minimum absolute atomic E-state index is 0.0519. The lowest BCUT2D eigenvalue weighted by Gasteiger charge is -2.28.